The number of carbonyl (C=O) groups is 1. The first-order valence-electron chi connectivity index (χ1n) is 8.16. The zero-order valence-corrected chi connectivity index (χ0v) is 15.9. The summed E-state index contributed by atoms with van der Waals surface area (Å²) in [6.07, 6.45) is 4.78. The Bertz CT molecular complexity index is 827. The Morgan fingerprint density at radius 1 is 1.35 bits per heavy atom. The van der Waals surface area contributed by atoms with Crippen molar-refractivity contribution in [3.63, 3.8) is 0 Å². The van der Waals surface area contributed by atoms with Gasteiger partial charge >= 0.3 is 0 Å². The number of aromatic nitrogens is 3. The number of halogens is 2. The van der Waals surface area contributed by atoms with Crippen molar-refractivity contribution in [1.82, 2.24) is 20.2 Å². The summed E-state index contributed by atoms with van der Waals surface area (Å²) < 4.78 is 1.83. The van der Waals surface area contributed by atoms with Gasteiger partial charge in [-0.3, -0.25) is 4.79 Å². The lowest BCUT2D eigenvalue weighted by molar-refractivity contribution is -0.123. The van der Waals surface area contributed by atoms with E-state index in [4.69, 9.17) is 23.2 Å². The molecule has 2 aromatic rings. The first kappa shape index (κ1) is 18.6. The maximum Gasteiger partial charge on any atom is 0.244 e. The van der Waals surface area contributed by atoms with Crippen LogP contribution < -0.4 is 5.43 Å². The van der Waals surface area contributed by atoms with Crippen LogP contribution in [0.4, 0.5) is 0 Å². The zero-order chi connectivity index (χ0) is 18.7. The third-order valence-electron chi connectivity index (χ3n) is 4.69. The van der Waals surface area contributed by atoms with Crippen molar-refractivity contribution in [2.75, 3.05) is 0 Å². The summed E-state index contributed by atoms with van der Waals surface area (Å²) in [5, 5.41) is 8.45. The lowest BCUT2D eigenvalue weighted by Gasteiger charge is -2.08. The molecule has 136 valence electrons. The maximum absolute atomic E-state index is 12.6. The molecule has 1 aliphatic carbocycles. The number of nitrogens with zero attached hydrogens (tertiary/aromatic N) is 4. The topological polar surface area (TPSA) is 72.2 Å². The molecule has 0 spiro atoms. The monoisotopic (exact) mass is 391 g/mol. The van der Waals surface area contributed by atoms with Crippen LogP contribution in [0.2, 0.25) is 0 Å². The molecule has 8 heteroatoms. The number of amides is 1. The highest BCUT2D eigenvalue weighted by Gasteiger charge is 2.60. The summed E-state index contributed by atoms with van der Waals surface area (Å²) >= 11 is 11.5. The zero-order valence-electron chi connectivity index (χ0n) is 14.4. The second-order valence-corrected chi connectivity index (χ2v) is 7.78. The van der Waals surface area contributed by atoms with Crippen LogP contribution in [0, 0.1) is 17.3 Å². The lowest BCUT2D eigenvalue weighted by Crippen LogP contribution is -2.25. The third-order valence-corrected chi connectivity index (χ3v) is 4.94. The molecule has 1 aromatic heterocycles. The minimum atomic E-state index is -0.220. The first-order valence-corrected chi connectivity index (χ1v) is 8.92. The highest BCUT2D eigenvalue weighted by atomic mass is 35.5. The van der Waals surface area contributed by atoms with Crippen molar-refractivity contribution < 1.29 is 4.79 Å². The first-order chi connectivity index (χ1) is 12.4. The number of nitrogens with one attached hydrogen (secondary N) is 1. The number of benzene rings is 1. The summed E-state index contributed by atoms with van der Waals surface area (Å²) in [5.74, 6) is -0.377. The normalized spacial score (nSPS) is 21.2. The number of carbonyl (C=O) groups excluding carboxylic acids is 1. The molecule has 6 nitrogen and oxygen atoms in total. The van der Waals surface area contributed by atoms with E-state index >= 15 is 0 Å². The Labute approximate surface area is 161 Å². The molecule has 0 radical (unpaired) electrons. The predicted molar refractivity (Wildman–Crippen MR) is 102 cm³/mol. The fourth-order valence-corrected chi connectivity index (χ4v) is 3.38. The molecule has 1 N–H and O–H groups in total. The number of hydrogen-bond donors (Lipinski definition) is 1. The van der Waals surface area contributed by atoms with Gasteiger partial charge in [0.2, 0.25) is 5.91 Å². The minimum Gasteiger partial charge on any atom is -0.273 e. The average molecular weight is 392 g/mol. The Kier molecular flexibility index (Phi) is 5.44. The summed E-state index contributed by atoms with van der Waals surface area (Å²) in [7, 11) is 0. The van der Waals surface area contributed by atoms with E-state index in [-0.39, 0.29) is 27.6 Å². The standard InChI is InChI=1S/C18H19Cl2N5O/c1-18(2)13(8-15(19)20)16(18)17(26)24-23-14(9-25-11-21-10-22-25)12-6-4-3-5-7-12/h3-8,10-11,13,16H,9H2,1-2H3,(H,24,26)/b23-14+. The van der Waals surface area contributed by atoms with Crippen molar-refractivity contribution >= 4 is 34.8 Å². The summed E-state index contributed by atoms with van der Waals surface area (Å²) in [5.41, 5.74) is 4.07. The third kappa shape index (κ3) is 4.14. The molecule has 26 heavy (non-hydrogen) atoms. The second kappa shape index (κ2) is 7.60. The Balaban J connectivity index is 1.76. The van der Waals surface area contributed by atoms with Crippen LogP contribution in [0.3, 0.4) is 0 Å². The van der Waals surface area contributed by atoms with E-state index in [1.54, 1.807) is 17.1 Å². The molecular formula is C18H19Cl2N5O. The smallest absolute Gasteiger partial charge is 0.244 e. The predicted octanol–water partition coefficient (Wildman–Crippen LogP) is 3.39. The van der Waals surface area contributed by atoms with E-state index in [9.17, 15) is 4.79 Å². The Hall–Kier alpha value is -2.18. The Morgan fingerprint density at radius 2 is 2.08 bits per heavy atom. The molecular weight excluding hydrogens is 373 g/mol. The fraction of sp³-hybridized carbons (Fsp3) is 0.333. The number of allylic oxidation sites excluding steroid dienone is 1. The van der Waals surface area contributed by atoms with Crippen molar-refractivity contribution in [3.05, 3.63) is 59.1 Å². The van der Waals surface area contributed by atoms with Crippen LogP contribution in [0.5, 0.6) is 0 Å². The number of hydrazone groups is 1. The summed E-state index contributed by atoms with van der Waals surface area (Å²) in [6.45, 7) is 4.41. The van der Waals surface area contributed by atoms with E-state index < -0.39 is 0 Å². The molecule has 1 aromatic carbocycles. The SMILES string of the molecule is CC1(C)C(C=C(Cl)Cl)C1C(=O)N/N=C(\Cn1cncn1)c1ccccc1. The number of rotatable bonds is 6. The van der Waals surface area contributed by atoms with E-state index in [1.165, 1.54) is 6.33 Å². The van der Waals surface area contributed by atoms with E-state index in [1.807, 2.05) is 44.2 Å². The van der Waals surface area contributed by atoms with Crippen LogP contribution in [0.15, 0.2) is 58.7 Å². The molecule has 0 aliphatic heterocycles. The highest BCUT2D eigenvalue weighted by molar-refractivity contribution is 6.55. The highest BCUT2D eigenvalue weighted by Crippen LogP contribution is 2.59. The second-order valence-electron chi connectivity index (χ2n) is 6.77. The molecule has 3 rings (SSSR count). The van der Waals surface area contributed by atoms with Crippen molar-refractivity contribution in [1.29, 1.82) is 0 Å². The van der Waals surface area contributed by atoms with Gasteiger partial charge in [-0.15, -0.1) is 0 Å². The quantitative estimate of drug-likeness (QED) is 0.605. The summed E-state index contributed by atoms with van der Waals surface area (Å²) in [6, 6.07) is 9.63. The van der Waals surface area contributed by atoms with Crippen LogP contribution in [-0.4, -0.2) is 26.4 Å². The van der Waals surface area contributed by atoms with Gasteiger partial charge in [0.1, 0.15) is 17.1 Å². The molecule has 2 unspecified atom stereocenters. The van der Waals surface area contributed by atoms with Gasteiger partial charge in [-0.25, -0.2) is 15.1 Å². The molecule has 1 fully saturated rings. The van der Waals surface area contributed by atoms with Gasteiger partial charge in [0.15, 0.2) is 0 Å². The lowest BCUT2D eigenvalue weighted by atomic mass is 10.1. The molecule has 1 aliphatic rings. The molecule has 1 heterocycles. The van der Waals surface area contributed by atoms with Crippen LogP contribution in [0.25, 0.3) is 0 Å². The average Bonchev–Trinajstić information content (AvgIpc) is 2.95. The molecule has 1 amide bonds. The van der Waals surface area contributed by atoms with Gasteiger partial charge in [0, 0.05) is 0 Å². The van der Waals surface area contributed by atoms with Crippen molar-refractivity contribution in [3.8, 4) is 0 Å². The Morgan fingerprint density at radius 3 is 2.69 bits per heavy atom. The van der Waals surface area contributed by atoms with E-state index in [0.29, 0.717) is 12.3 Å². The van der Waals surface area contributed by atoms with Crippen molar-refractivity contribution in [2.24, 2.45) is 22.4 Å². The number of hydrogen-bond acceptors (Lipinski definition) is 4. The molecule has 1 saturated carbocycles. The maximum atomic E-state index is 12.6. The van der Waals surface area contributed by atoms with Gasteiger partial charge in [-0.05, 0) is 23.0 Å². The summed E-state index contributed by atoms with van der Waals surface area (Å²) in [4.78, 5) is 16.5. The van der Waals surface area contributed by atoms with Crippen LogP contribution >= 0.6 is 23.2 Å². The van der Waals surface area contributed by atoms with Gasteiger partial charge in [0.25, 0.3) is 0 Å². The van der Waals surface area contributed by atoms with Gasteiger partial charge in [-0.2, -0.15) is 10.2 Å². The van der Waals surface area contributed by atoms with Gasteiger partial charge < -0.3 is 0 Å². The molecule has 2 atom stereocenters. The van der Waals surface area contributed by atoms with Crippen LogP contribution in [-0.2, 0) is 11.3 Å². The minimum absolute atomic E-state index is 0.00168. The fourth-order valence-electron chi connectivity index (χ4n) is 3.11. The van der Waals surface area contributed by atoms with Crippen molar-refractivity contribution in [2.45, 2.75) is 20.4 Å². The van der Waals surface area contributed by atoms with Gasteiger partial charge in [-0.1, -0.05) is 67.4 Å². The molecule has 0 bridgehead atoms. The van der Waals surface area contributed by atoms with E-state index in [0.717, 1.165) is 5.56 Å². The van der Waals surface area contributed by atoms with Gasteiger partial charge in [0.05, 0.1) is 18.2 Å². The van der Waals surface area contributed by atoms with Crippen LogP contribution in [0.1, 0.15) is 19.4 Å². The van der Waals surface area contributed by atoms with E-state index in [2.05, 4.69) is 20.6 Å². The molecule has 0 saturated heterocycles. The largest absolute Gasteiger partial charge is 0.273 e.